The molecule has 5 heteroatoms. The van der Waals surface area contributed by atoms with E-state index in [2.05, 4.69) is 22.9 Å². The number of anilines is 1. The fourth-order valence-electron chi connectivity index (χ4n) is 3.13. The summed E-state index contributed by atoms with van der Waals surface area (Å²) in [5.74, 6) is 0.949. The number of hydrogen-bond acceptors (Lipinski definition) is 2. The van der Waals surface area contributed by atoms with Crippen LogP contribution in [0.4, 0.5) is 5.69 Å². The van der Waals surface area contributed by atoms with Crippen LogP contribution in [-0.2, 0) is 11.3 Å². The summed E-state index contributed by atoms with van der Waals surface area (Å²) in [5.41, 5.74) is 1.94. The molecule has 2 rings (SSSR count). The summed E-state index contributed by atoms with van der Waals surface area (Å²) >= 11 is 0. The van der Waals surface area contributed by atoms with Crippen molar-refractivity contribution in [2.75, 3.05) is 11.9 Å². The largest absolute Gasteiger partial charge is 0.357 e. The molecular formula is C20H32N4O. The van der Waals surface area contributed by atoms with Crippen molar-refractivity contribution in [2.24, 2.45) is 4.99 Å². The van der Waals surface area contributed by atoms with Gasteiger partial charge in [-0.3, -0.25) is 4.79 Å². The first-order valence-electron chi connectivity index (χ1n) is 9.65. The van der Waals surface area contributed by atoms with Gasteiger partial charge in [-0.25, -0.2) is 4.99 Å². The Hall–Kier alpha value is -2.04. The van der Waals surface area contributed by atoms with Crippen LogP contribution in [0, 0.1) is 0 Å². The van der Waals surface area contributed by atoms with Crippen molar-refractivity contribution < 1.29 is 4.79 Å². The van der Waals surface area contributed by atoms with E-state index in [1.54, 1.807) is 0 Å². The van der Waals surface area contributed by atoms with Crippen LogP contribution >= 0.6 is 0 Å². The van der Waals surface area contributed by atoms with E-state index in [1.165, 1.54) is 32.1 Å². The van der Waals surface area contributed by atoms with Crippen molar-refractivity contribution >= 4 is 17.6 Å². The summed E-state index contributed by atoms with van der Waals surface area (Å²) in [5, 5.41) is 9.84. The van der Waals surface area contributed by atoms with Gasteiger partial charge in [-0.05, 0) is 43.9 Å². The van der Waals surface area contributed by atoms with E-state index in [9.17, 15) is 4.79 Å². The molecule has 0 unspecified atom stereocenters. The van der Waals surface area contributed by atoms with E-state index < -0.39 is 0 Å². The van der Waals surface area contributed by atoms with Gasteiger partial charge in [0.05, 0.1) is 6.54 Å². The first-order chi connectivity index (χ1) is 12.2. The first-order valence-corrected chi connectivity index (χ1v) is 9.65. The van der Waals surface area contributed by atoms with Gasteiger partial charge >= 0.3 is 0 Å². The lowest BCUT2D eigenvalue weighted by atomic mass is 9.96. The molecule has 0 spiro atoms. The Balaban J connectivity index is 1.95. The van der Waals surface area contributed by atoms with Gasteiger partial charge in [0, 0.05) is 24.7 Å². The van der Waals surface area contributed by atoms with Crippen molar-refractivity contribution in [1.82, 2.24) is 10.6 Å². The quantitative estimate of drug-likeness (QED) is 0.520. The SMILES string of the molecule is CCCC(=O)Nc1cccc(CN=C(NCC)NC2CCCCC2)c1. The normalized spacial score (nSPS) is 15.7. The predicted molar refractivity (Wildman–Crippen MR) is 105 cm³/mol. The van der Waals surface area contributed by atoms with Gasteiger partial charge in [0.1, 0.15) is 0 Å². The number of guanidine groups is 1. The van der Waals surface area contributed by atoms with Gasteiger partial charge in [0.25, 0.3) is 0 Å². The molecule has 5 nitrogen and oxygen atoms in total. The monoisotopic (exact) mass is 344 g/mol. The molecule has 1 amide bonds. The Kier molecular flexibility index (Phi) is 8.29. The second-order valence-corrected chi connectivity index (χ2v) is 6.67. The zero-order chi connectivity index (χ0) is 17.9. The second kappa shape index (κ2) is 10.7. The summed E-state index contributed by atoms with van der Waals surface area (Å²) in [4.78, 5) is 16.5. The van der Waals surface area contributed by atoms with Crippen molar-refractivity contribution in [3.8, 4) is 0 Å². The maximum Gasteiger partial charge on any atom is 0.224 e. The minimum absolute atomic E-state index is 0.0652. The number of nitrogens with zero attached hydrogens (tertiary/aromatic N) is 1. The van der Waals surface area contributed by atoms with Crippen LogP contribution in [0.3, 0.4) is 0 Å². The Labute approximate surface area is 151 Å². The first kappa shape index (κ1) is 19.3. The maximum absolute atomic E-state index is 11.7. The third-order valence-electron chi connectivity index (χ3n) is 4.40. The molecular weight excluding hydrogens is 312 g/mol. The van der Waals surface area contributed by atoms with E-state index in [-0.39, 0.29) is 5.91 Å². The van der Waals surface area contributed by atoms with Crippen LogP contribution in [0.25, 0.3) is 0 Å². The molecule has 1 fully saturated rings. The average molecular weight is 345 g/mol. The second-order valence-electron chi connectivity index (χ2n) is 6.67. The molecule has 0 radical (unpaired) electrons. The number of hydrogen-bond donors (Lipinski definition) is 3. The number of aliphatic imine (C=N–C) groups is 1. The van der Waals surface area contributed by atoms with Crippen molar-refractivity contribution in [3.05, 3.63) is 29.8 Å². The summed E-state index contributed by atoms with van der Waals surface area (Å²) in [6, 6.07) is 8.47. The van der Waals surface area contributed by atoms with E-state index in [0.717, 1.165) is 30.2 Å². The van der Waals surface area contributed by atoms with Gasteiger partial charge in [0.15, 0.2) is 5.96 Å². The standard InChI is InChI=1S/C20H32N4O/c1-3-9-19(25)23-18-13-8-10-16(14-18)15-22-20(21-4-2)24-17-11-6-5-7-12-17/h8,10,13-14,17H,3-7,9,11-12,15H2,1-2H3,(H,23,25)(H2,21,22,24). The zero-order valence-corrected chi connectivity index (χ0v) is 15.6. The number of amides is 1. The Morgan fingerprint density at radius 3 is 2.72 bits per heavy atom. The molecule has 0 bridgehead atoms. The van der Waals surface area contributed by atoms with Gasteiger partial charge < -0.3 is 16.0 Å². The zero-order valence-electron chi connectivity index (χ0n) is 15.6. The molecule has 0 aromatic heterocycles. The Bertz CT molecular complexity index is 565. The highest BCUT2D eigenvalue weighted by Crippen LogP contribution is 2.17. The van der Waals surface area contributed by atoms with Crippen LogP contribution in [0.5, 0.6) is 0 Å². The predicted octanol–water partition coefficient (Wildman–Crippen LogP) is 3.81. The number of carbonyl (C=O) groups is 1. The maximum atomic E-state index is 11.7. The molecule has 0 aliphatic heterocycles. The molecule has 1 saturated carbocycles. The molecule has 1 aliphatic carbocycles. The van der Waals surface area contributed by atoms with E-state index in [1.807, 2.05) is 31.2 Å². The number of rotatable bonds is 7. The fourth-order valence-corrected chi connectivity index (χ4v) is 3.13. The molecule has 1 aromatic rings. The van der Waals surface area contributed by atoms with E-state index >= 15 is 0 Å². The van der Waals surface area contributed by atoms with Crippen LogP contribution in [0.2, 0.25) is 0 Å². The van der Waals surface area contributed by atoms with Gasteiger partial charge in [0.2, 0.25) is 5.91 Å². The van der Waals surface area contributed by atoms with Crippen molar-refractivity contribution in [3.63, 3.8) is 0 Å². The van der Waals surface area contributed by atoms with Crippen LogP contribution in [0.15, 0.2) is 29.3 Å². The number of benzene rings is 1. The molecule has 3 N–H and O–H groups in total. The highest BCUT2D eigenvalue weighted by Gasteiger charge is 2.14. The highest BCUT2D eigenvalue weighted by molar-refractivity contribution is 5.90. The molecule has 138 valence electrons. The lowest BCUT2D eigenvalue weighted by Crippen LogP contribution is -2.44. The topological polar surface area (TPSA) is 65.5 Å². The number of carbonyl (C=O) groups excluding carboxylic acids is 1. The Morgan fingerprint density at radius 1 is 1.20 bits per heavy atom. The summed E-state index contributed by atoms with van der Waals surface area (Å²) in [7, 11) is 0. The van der Waals surface area contributed by atoms with Gasteiger partial charge in [-0.1, -0.05) is 38.3 Å². The number of nitrogens with one attached hydrogen (secondary N) is 3. The Morgan fingerprint density at radius 2 is 2.00 bits per heavy atom. The van der Waals surface area contributed by atoms with Crippen molar-refractivity contribution in [1.29, 1.82) is 0 Å². The van der Waals surface area contributed by atoms with Crippen LogP contribution in [0.1, 0.15) is 64.4 Å². The smallest absolute Gasteiger partial charge is 0.224 e. The molecule has 0 heterocycles. The highest BCUT2D eigenvalue weighted by atomic mass is 16.1. The average Bonchev–Trinajstić information content (AvgIpc) is 2.61. The fraction of sp³-hybridized carbons (Fsp3) is 0.600. The minimum atomic E-state index is 0.0652. The van der Waals surface area contributed by atoms with Crippen molar-refractivity contribution in [2.45, 2.75) is 71.4 Å². The molecule has 0 atom stereocenters. The van der Waals surface area contributed by atoms with Crippen LogP contribution in [-0.4, -0.2) is 24.5 Å². The van der Waals surface area contributed by atoms with Gasteiger partial charge in [-0.2, -0.15) is 0 Å². The van der Waals surface area contributed by atoms with E-state index in [4.69, 9.17) is 4.99 Å². The molecule has 0 saturated heterocycles. The lowest BCUT2D eigenvalue weighted by Gasteiger charge is -2.24. The van der Waals surface area contributed by atoms with E-state index in [0.29, 0.717) is 19.0 Å². The molecule has 25 heavy (non-hydrogen) atoms. The summed E-state index contributed by atoms with van der Waals surface area (Å²) in [6.45, 7) is 5.54. The third kappa shape index (κ3) is 7.16. The molecule has 1 aliphatic rings. The third-order valence-corrected chi connectivity index (χ3v) is 4.40. The molecule has 1 aromatic carbocycles. The minimum Gasteiger partial charge on any atom is -0.357 e. The lowest BCUT2D eigenvalue weighted by molar-refractivity contribution is -0.116. The summed E-state index contributed by atoms with van der Waals surface area (Å²) in [6.07, 6.45) is 7.81. The van der Waals surface area contributed by atoms with Gasteiger partial charge in [-0.15, -0.1) is 0 Å². The summed E-state index contributed by atoms with van der Waals surface area (Å²) < 4.78 is 0. The van der Waals surface area contributed by atoms with Crippen LogP contribution < -0.4 is 16.0 Å².